The molecule has 2 aromatic carbocycles. The molecule has 2 heterocycles. The minimum absolute atomic E-state index is 0.0301. The molecule has 0 N–H and O–H groups in total. The maximum absolute atomic E-state index is 12.8. The largest absolute Gasteiger partial charge is 0.334 e. The summed E-state index contributed by atoms with van der Waals surface area (Å²) < 4.78 is 2.49. The summed E-state index contributed by atoms with van der Waals surface area (Å²) in [6.07, 6.45) is 2.96. The number of hydrogen-bond donors (Lipinski definition) is 0. The Balaban J connectivity index is 1.68. The lowest BCUT2D eigenvalue weighted by molar-refractivity contribution is 0.569. The molecular weight excluding hydrogens is 330 g/mol. The Morgan fingerprint density at radius 3 is 2.60 bits per heavy atom. The smallest absolute Gasteiger partial charge is 0.271 e. The number of nitrogens with zero attached hydrogens (tertiary/aromatic N) is 3. The highest BCUT2D eigenvalue weighted by atomic mass is 32.1. The molecule has 1 aliphatic rings. The quantitative estimate of drug-likeness (QED) is 0.728. The van der Waals surface area contributed by atoms with Gasteiger partial charge in [-0.2, -0.15) is 0 Å². The Hall–Kier alpha value is -2.66. The van der Waals surface area contributed by atoms with E-state index in [0.29, 0.717) is 13.3 Å². The zero-order valence-electron chi connectivity index (χ0n) is 14.1. The molecule has 0 unspecified atom stereocenters. The Labute approximate surface area is 150 Å². The van der Waals surface area contributed by atoms with E-state index in [9.17, 15) is 4.79 Å². The van der Waals surface area contributed by atoms with Crippen LogP contribution in [0.2, 0.25) is 0 Å². The van der Waals surface area contributed by atoms with E-state index in [2.05, 4.69) is 41.1 Å². The number of hydrogen-bond acceptors (Lipinski definition) is 4. The van der Waals surface area contributed by atoms with Crippen LogP contribution in [0.4, 0.5) is 5.69 Å². The van der Waals surface area contributed by atoms with E-state index < -0.39 is 0 Å². The molecule has 4 rings (SSSR count). The predicted octanol–water partition coefficient (Wildman–Crippen LogP) is 2.36. The molecule has 0 saturated heterocycles. The summed E-state index contributed by atoms with van der Waals surface area (Å²) in [5, 5.41) is 0. The number of anilines is 1. The van der Waals surface area contributed by atoms with Crippen LogP contribution in [0.25, 0.3) is 6.08 Å². The first-order chi connectivity index (χ1) is 12.2. The molecule has 0 atom stereocenters. The van der Waals surface area contributed by atoms with Crippen molar-refractivity contribution in [1.29, 1.82) is 0 Å². The summed E-state index contributed by atoms with van der Waals surface area (Å²) >= 11 is 1.46. The zero-order valence-corrected chi connectivity index (χ0v) is 14.9. The summed E-state index contributed by atoms with van der Waals surface area (Å²) in [4.78, 5) is 20.3. The molecule has 0 amide bonds. The standard InChI is InChI=1S/C20H19N3OS/c1-2-15-8-10-17(11-9-15)22-13-21-20-23(14-22)19(24)18(25-20)12-16-6-4-3-5-7-16/h3-12H,2,13-14H2,1H3. The van der Waals surface area contributed by atoms with E-state index in [0.717, 1.165) is 27.0 Å². The van der Waals surface area contributed by atoms with E-state index in [-0.39, 0.29) is 5.56 Å². The third-order valence-electron chi connectivity index (χ3n) is 4.38. The second kappa shape index (κ2) is 6.69. The molecule has 4 nitrogen and oxygen atoms in total. The average molecular weight is 349 g/mol. The van der Waals surface area contributed by atoms with Crippen LogP contribution in [0, 0.1) is 0 Å². The molecule has 5 heteroatoms. The topological polar surface area (TPSA) is 37.6 Å². The summed E-state index contributed by atoms with van der Waals surface area (Å²) in [5.41, 5.74) is 3.47. The SMILES string of the molecule is CCc1ccc(N2CN=c3sc(=Cc4ccccc4)c(=O)n3C2)cc1. The molecular formula is C20H19N3OS. The van der Waals surface area contributed by atoms with E-state index >= 15 is 0 Å². The molecule has 0 spiro atoms. The van der Waals surface area contributed by atoms with Gasteiger partial charge in [-0.15, -0.1) is 0 Å². The molecule has 1 aliphatic heterocycles. The van der Waals surface area contributed by atoms with Crippen LogP contribution in [0.5, 0.6) is 0 Å². The van der Waals surface area contributed by atoms with Crippen LogP contribution in [-0.4, -0.2) is 11.2 Å². The van der Waals surface area contributed by atoms with Crippen LogP contribution in [0.15, 0.2) is 64.4 Å². The Bertz CT molecular complexity index is 1050. The molecule has 25 heavy (non-hydrogen) atoms. The highest BCUT2D eigenvalue weighted by Gasteiger charge is 2.15. The van der Waals surface area contributed by atoms with Gasteiger partial charge in [-0.1, -0.05) is 60.7 Å². The monoisotopic (exact) mass is 349 g/mol. The van der Waals surface area contributed by atoms with E-state index in [1.165, 1.54) is 16.9 Å². The highest BCUT2D eigenvalue weighted by Crippen LogP contribution is 2.17. The fourth-order valence-electron chi connectivity index (χ4n) is 2.92. The molecule has 0 radical (unpaired) electrons. The van der Waals surface area contributed by atoms with Crippen molar-refractivity contribution in [2.45, 2.75) is 20.0 Å². The van der Waals surface area contributed by atoms with Crippen molar-refractivity contribution in [2.75, 3.05) is 11.6 Å². The van der Waals surface area contributed by atoms with Gasteiger partial charge in [-0.3, -0.25) is 9.36 Å². The maximum Gasteiger partial charge on any atom is 0.271 e. The van der Waals surface area contributed by atoms with Crippen LogP contribution in [0.3, 0.4) is 0 Å². The second-order valence-corrected chi connectivity index (χ2v) is 7.05. The average Bonchev–Trinajstić information content (AvgIpc) is 2.98. The molecule has 126 valence electrons. The van der Waals surface area contributed by atoms with Gasteiger partial charge in [0.05, 0.1) is 4.53 Å². The van der Waals surface area contributed by atoms with Gasteiger partial charge in [-0.25, -0.2) is 4.99 Å². The first kappa shape index (κ1) is 15.8. The van der Waals surface area contributed by atoms with E-state index in [4.69, 9.17) is 0 Å². The van der Waals surface area contributed by atoms with Crippen molar-refractivity contribution in [1.82, 2.24) is 4.57 Å². The lowest BCUT2D eigenvalue weighted by Gasteiger charge is -2.25. The number of thiazole rings is 1. The summed E-state index contributed by atoms with van der Waals surface area (Å²) in [7, 11) is 0. The number of rotatable bonds is 3. The zero-order chi connectivity index (χ0) is 17.2. The molecule has 0 saturated carbocycles. The minimum Gasteiger partial charge on any atom is -0.334 e. The number of fused-ring (bicyclic) bond motifs is 1. The lowest BCUT2D eigenvalue weighted by Crippen LogP contribution is -2.42. The van der Waals surface area contributed by atoms with Crippen molar-refractivity contribution in [3.05, 3.63) is 85.4 Å². The van der Waals surface area contributed by atoms with E-state index in [1.54, 1.807) is 4.57 Å². The first-order valence-corrected chi connectivity index (χ1v) is 9.21. The Kier molecular flexibility index (Phi) is 4.24. The maximum atomic E-state index is 12.8. The fraction of sp³-hybridized carbons (Fsp3) is 0.200. The van der Waals surface area contributed by atoms with Gasteiger partial charge < -0.3 is 4.90 Å². The molecule has 1 aromatic heterocycles. The minimum atomic E-state index is 0.0301. The van der Waals surface area contributed by atoms with Crippen molar-refractivity contribution >= 4 is 23.1 Å². The number of aromatic nitrogens is 1. The van der Waals surface area contributed by atoms with Crippen molar-refractivity contribution < 1.29 is 0 Å². The van der Waals surface area contributed by atoms with Gasteiger partial charge >= 0.3 is 0 Å². The van der Waals surface area contributed by atoms with Gasteiger partial charge in [0, 0.05) is 5.69 Å². The molecule has 0 bridgehead atoms. The summed E-state index contributed by atoms with van der Waals surface area (Å²) in [5.74, 6) is 0. The van der Waals surface area contributed by atoms with Crippen molar-refractivity contribution in [2.24, 2.45) is 4.99 Å². The fourth-order valence-corrected chi connectivity index (χ4v) is 3.88. The third kappa shape index (κ3) is 3.15. The van der Waals surface area contributed by atoms with Crippen LogP contribution in [0.1, 0.15) is 18.1 Å². The van der Waals surface area contributed by atoms with Gasteiger partial charge in [0.1, 0.15) is 13.3 Å². The molecule has 3 aromatic rings. The van der Waals surface area contributed by atoms with Gasteiger partial charge in [0.25, 0.3) is 5.56 Å². The van der Waals surface area contributed by atoms with Crippen LogP contribution >= 0.6 is 11.3 Å². The van der Waals surface area contributed by atoms with Gasteiger partial charge in [0.2, 0.25) is 0 Å². The summed E-state index contributed by atoms with van der Waals surface area (Å²) in [6.45, 7) is 3.27. The normalized spacial score (nSPS) is 14.3. The summed E-state index contributed by atoms with van der Waals surface area (Å²) in [6, 6.07) is 18.4. The number of benzene rings is 2. The molecule has 0 aliphatic carbocycles. The highest BCUT2D eigenvalue weighted by molar-refractivity contribution is 7.07. The van der Waals surface area contributed by atoms with Crippen LogP contribution in [-0.2, 0) is 13.1 Å². The first-order valence-electron chi connectivity index (χ1n) is 8.39. The predicted molar refractivity (Wildman–Crippen MR) is 103 cm³/mol. The third-order valence-corrected chi connectivity index (χ3v) is 5.43. The Morgan fingerprint density at radius 1 is 1.12 bits per heavy atom. The number of aryl methyl sites for hydroxylation is 1. The van der Waals surface area contributed by atoms with Gasteiger partial charge in [0.15, 0.2) is 4.80 Å². The van der Waals surface area contributed by atoms with Crippen molar-refractivity contribution in [3.63, 3.8) is 0 Å². The van der Waals surface area contributed by atoms with E-state index in [1.807, 2.05) is 36.4 Å². The lowest BCUT2D eigenvalue weighted by atomic mass is 10.1. The van der Waals surface area contributed by atoms with Gasteiger partial charge in [-0.05, 0) is 35.8 Å². The second-order valence-electron chi connectivity index (χ2n) is 6.04. The Morgan fingerprint density at radius 2 is 1.88 bits per heavy atom. The van der Waals surface area contributed by atoms with Crippen molar-refractivity contribution in [3.8, 4) is 0 Å². The van der Waals surface area contributed by atoms with Crippen LogP contribution < -0.4 is 19.8 Å². The molecule has 0 fully saturated rings.